The first-order chi connectivity index (χ1) is 14.0. The van der Waals surface area contributed by atoms with Crippen LogP contribution in [-0.4, -0.2) is 20.4 Å². The van der Waals surface area contributed by atoms with E-state index in [9.17, 15) is 26.4 Å². The van der Waals surface area contributed by atoms with Crippen molar-refractivity contribution in [2.75, 3.05) is 0 Å². The number of rotatable bonds is 6. The number of benzene rings is 2. The van der Waals surface area contributed by atoms with E-state index in [1.807, 2.05) is 0 Å². The third-order valence-electron chi connectivity index (χ3n) is 4.22. The van der Waals surface area contributed by atoms with Gasteiger partial charge in [-0.1, -0.05) is 29.8 Å². The SMILES string of the molecule is C[C@H](NS(=O)(=O)c1cc2ccccc2o1)C(=O)NCc1cc(C(F)(F)F)ccc1Cl. The minimum absolute atomic E-state index is 0.0406. The Labute approximate surface area is 175 Å². The van der Waals surface area contributed by atoms with Crippen LogP contribution in [0.5, 0.6) is 0 Å². The van der Waals surface area contributed by atoms with E-state index in [0.717, 1.165) is 18.2 Å². The average Bonchev–Trinajstić information content (AvgIpc) is 3.11. The molecule has 30 heavy (non-hydrogen) atoms. The number of alkyl halides is 3. The Morgan fingerprint density at radius 1 is 1.17 bits per heavy atom. The highest BCUT2D eigenvalue weighted by atomic mass is 35.5. The van der Waals surface area contributed by atoms with Gasteiger partial charge in [0.1, 0.15) is 5.58 Å². The van der Waals surface area contributed by atoms with Crippen molar-refractivity contribution in [3.63, 3.8) is 0 Å². The number of sulfonamides is 1. The van der Waals surface area contributed by atoms with Crippen LogP contribution in [-0.2, 0) is 27.5 Å². The quantitative estimate of drug-likeness (QED) is 0.580. The molecular formula is C19H16ClF3N2O4S. The topological polar surface area (TPSA) is 88.4 Å². The summed E-state index contributed by atoms with van der Waals surface area (Å²) in [4.78, 5) is 12.3. The summed E-state index contributed by atoms with van der Waals surface area (Å²) in [5, 5.41) is 2.63. The van der Waals surface area contributed by atoms with Gasteiger partial charge < -0.3 is 9.73 Å². The molecule has 3 rings (SSSR count). The van der Waals surface area contributed by atoms with Crippen LogP contribution in [0, 0.1) is 0 Å². The van der Waals surface area contributed by atoms with Crippen molar-refractivity contribution in [2.45, 2.75) is 30.8 Å². The number of halogens is 4. The molecule has 0 radical (unpaired) electrons. The van der Waals surface area contributed by atoms with Gasteiger partial charge in [-0.25, -0.2) is 8.42 Å². The molecule has 0 saturated carbocycles. The van der Waals surface area contributed by atoms with Crippen LogP contribution < -0.4 is 10.0 Å². The van der Waals surface area contributed by atoms with Crippen LogP contribution in [0.2, 0.25) is 5.02 Å². The van der Waals surface area contributed by atoms with E-state index in [4.69, 9.17) is 16.0 Å². The predicted octanol–water partition coefficient (Wildman–Crippen LogP) is 4.09. The molecule has 2 N–H and O–H groups in total. The summed E-state index contributed by atoms with van der Waals surface area (Å²) in [6, 6.07) is 9.53. The second-order valence-electron chi connectivity index (χ2n) is 6.47. The van der Waals surface area contributed by atoms with Gasteiger partial charge >= 0.3 is 6.18 Å². The molecule has 0 bridgehead atoms. The minimum Gasteiger partial charge on any atom is -0.443 e. The third-order valence-corrected chi connectivity index (χ3v) is 5.98. The molecule has 0 aliphatic carbocycles. The average molecular weight is 461 g/mol. The van der Waals surface area contributed by atoms with Gasteiger partial charge in [-0.3, -0.25) is 4.79 Å². The Hall–Kier alpha value is -2.56. The lowest BCUT2D eigenvalue weighted by atomic mass is 10.1. The van der Waals surface area contributed by atoms with Crippen molar-refractivity contribution in [1.82, 2.24) is 10.0 Å². The zero-order valence-corrected chi connectivity index (χ0v) is 17.0. The number of para-hydroxylation sites is 1. The molecule has 1 amide bonds. The summed E-state index contributed by atoms with van der Waals surface area (Å²) in [6.45, 7) is 0.988. The van der Waals surface area contributed by atoms with Gasteiger partial charge in [0.2, 0.25) is 11.0 Å². The Kier molecular flexibility index (Phi) is 6.11. The maximum Gasteiger partial charge on any atom is 0.416 e. The number of carbonyl (C=O) groups is 1. The van der Waals surface area contributed by atoms with Crippen molar-refractivity contribution in [3.8, 4) is 0 Å². The van der Waals surface area contributed by atoms with Gasteiger partial charge in [0.25, 0.3) is 10.0 Å². The number of nitrogens with one attached hydrogen (secondary N) is 2. The van der Waals surface area contributed by atoms with E-state index < -0.39 is 33.7 Å². The number of furan rings is 1. The number of hydrogen-bond donors (Lipinski definition) is 2. The fourth-order valence-corrected chi connectivity index (χ4v) is 4.01. The van der Waals surface area contributed by atoms with Crippen LogP contribution in [0.3, 0.4) is 0 Å². The molecule has 0 unspecified atom stereocenters. The molecule has 2 aromatic carbocycles. The number of fused-ring (bicyclic) bond motifs is 1. The zero-order valence-electron chi connectivity index (χ0n) is 15.5. The smallest absolute Gasteiger partial charge is 0.416 e. The predicted molar refractivity (Wildman–Crippen MR) is 104 cm³/mol. The lowest BCUT2D eigenvalue weighted by molar-refractivity contribution is -0.137. The third kappa shape index (κ3) is 4.94. The first-order valence-electron chi connectivity index (χ1n) is 8.61. The lowest BCUT2D eigenvalue weighted by Gasteiger charge is -2.15. The summed E-state index contributed by atoms with van der Waals surface area (Å²) in [7, 11) is -4.14. The fraction of sp³-hybridized carbons (Fsp3) is 0.211. The van der Waals surface area contributed by atoms with Crippen molar-refractivity contribution >= 4 is 38.5 Å². The molecule has 1 heterocycles. The lowest BCUT2D eigenvalue weighted by Crippen LogP contribution is -2.44. The van der Waals surface area contributed by atoms with Crippen LogP contribution in [0.25, 0.3) is 11.0 Å². The molecule has 0 aliphatic rings. The van der Waals surface area contributed by atoms with Crippen LogP contribution in [0.15, 0.2) is 58.0 Å². The largest absolute Gasteiger partial charge is 0.443 e. The van der Waals surface area contributed by atoms with Gasteiger partial charge in [0.05, 0.1) is 11.6 Å². The molecule has 160 valence electrons. The van der Waals surface area contributed by atoms with Crippen LogP contribution in [0.1, 0.15) is 18.1 Å². The van der Waals surface area contributed by atoms with E-state index in [1.165, 1.54) is 13.0 Å². The second kappa shape index (κ2) is 8.29. The van der Waals surface area contributed by atoms with Crippen molar-refractivity contribution < 1.29 is 30.8 Å². The molecule has 6 nitrogen and oxygen atoms in total. The highest BCUT2D eigenvalue weighted by Crippen LogP contribution is 2.31. The van der Waals surface area contributed by atoms with E-state index >= 15 is 0 Å². The van der Waals surface area contributed by atoms with Crippen LogP contribution >= 0.6 is 11.6 Å². The molecule has 1 aromatic heterocycles. The molecule has 0 saturated heterocycles. The number of carbonyl (C=O) groups excluding carboxylic acids is 1. The molecule has 3 aromatic rings. The number of hydrogen-bond acceptors (Lipinski definition) is 4. The van der Waals surface area contributed by atoms with Crippen molar-refractivity contribution in [3.05, 3.63) is 64.7 Å². The highest BCUT2D eigenvalue weighted by molar-refractivity contribution is 7.89. The Balaban J connectivity index is 1.67. The monoisotopic (exact) mass is 460 g/mol. The summed E-state index contributed by atoms with van der Waals surface area (Å²) in [5.74, 6) is -0.747. The Morgan fingerprint density at radius 2 is 1.87 bits per heavy atom. The normalized spacial score (nSPS) is 13.4. The van der Waals surface area contributed by atoms with E-state index in [0.29, 0.717) is 11.0 Å². The summed E-state index contributed by atoms with van der Waals surface area (Å²) in [5.41, 5.74) is -0.490. The summed E-state index contributed by atoms with van der Waals surface area (Å²) >= 11 is 5.89. The van der Waals surface area contributed by atoms with E-state index in [1.54, 1.807) is 24.3 Å². The number of amides is 1. The molecule has 11 heteroatoms. The summed E-state index contributed by atoms with van der Waals surface area (Å²) < 4.78 is 70.9. The zero-order chi connectivity index (χ0) is 22.1. The molecule has 0 spiro atoms. The van der Waals surface area contributed by atoms with Gasteiger partial charge in [0, 0.05) is 23.0 Å². The molecule has 0 fully saturated rings. The van der Waals surface area contributed by atoms with E-state index in [2.05, 4.69) is 10.0 Å². The Bertz CT molecular complexity index is 1160. The molecular weight excluding hydrogens is 445 g/mol. The minimum atomic E-state index is -4.56. The maximum absolute atomic E-state index is 12.8. The first-order valence-corrected chi connectivity index (χ1v) is 10.5. The van der Waals surface area contributed by atoms with Gasteiger partial charge in [0.15, 0.2) is 0 Å². The van der Waals surface area contributed by atoms with E-state index in [-0.39, 0.29) is 22.2 Å². The highest BCUT2D eigenvalue weighted by Gasteiger charge is 2.31. The first kappa shape index (κ1) is 22.1. The molecule has 0 aliphatic heterocycles. The molecule has 1 atom stereocenters. The Morgan fingerprint density at radius 3 is 2.53 bits per heavy atom. The van der Waals surface area contributed by atoms with Gasteiger partial charge in [-0.2, -0.15) is 17.9 Å². The van der Waals surface area contributed by atoms with Gasteiger partial charge in [-0.15, -0.1) is 0 Å². The van der Waals surface area contributed by atoms with Crippen LogP contribution in [0.4, 0.5) is 13.2 Å². The second-order valence-corrected chi connectivity index (χ2v) is 8.52. The van der Waals surface area contributed by atoms with Crippen molar-refractivity contribution in [2.24, 2.45) is 0 Å². The standard InChI is InChI=1S/C19H16ClF3N2O4S/c1-11(25-30(27,28)17-9-12-4-2-3-5-16(12)29-17)18(26)24-10-13-8-14(19(21,22)23)6-7-15(13)20/h2-9,11,25H,10H2,1H3,(H,24,26)/t11-/m0/s1. The summed E-state index contributed by atoms with van der Waals surface area (Å²) in [6.07, 6.45) is -4.56. The van der Waals surface area contributed by atoms with Gasteiger partial charge in [-0.05, 0) is 36.8 Å². The van der Waals surface area contributed by atoms with Crippen molar-refractivity contribution in [1.29, 1.82) is 0 Å². The maximum atomic E-state index is 12.8. The fourth-order valence-electron chi connectivity index (χ4n) is 2.66.